The fraction of sp³-hybridized carbons (Fsp3) is 0.222. The zero-order valence-electron chi connectivity index (χ0n) is 14.7. The molecule has 0 spiro atoms. The van der Waals surface area contributed by atoms with Crippen molar-refractivity contribution in [3.8, 4) is 6.07 Å². The van der Waals surface area contributed by atoms with E-state index in [0.29, 0.717) is 0 Å². The first-order valence-corrected chi connectivity index (χ1v) is 8.56. The van der Waals surface area contributed by atoms with E-state index in [1.54, 1.807) is 6.92 Å². The molecule has 1 aromatic heterocycles. The van der Waals surface area contributed by atoms with Crippen LogP contribution in [0.4, 0.5) is 28.9 Å². The van der Waals surface area contributed by atoms with Gasteiger partial charge in [-0.3, -0.25) is 0 Å². The Morgan fingerprint density at radius 1 is 1.34 bits per heavy atom. The van der Waals surface area contributed by atoms with Crippen LogP contribution in [0.2, 0.25) is 0 Å². The lowest BCUT2D eigenvalue weighted by Gasteiger charge is -2.24. The minimum atomic E-state index is -4.77. The molecule has 11 heteroatoms. The summed E-state index contributed by atoms with van der Waals surface area (Å²) in [6.07, 6.45) is -3.65. The number of carboxylic acids is 1. The molecule has 1 aliphatic heterocycles. The topological polar surface area (TPSA) is 80.5 Å². The quantitative estimate of drug-likeness (QED) is 0.593. The van der Waals surface area contributed by atoms with E-state index in [0.717, 1.165) is 24.4 Å². The Morgan fingerprint density at radius 2 is 2.03 bits per heavy atom. The number of pyridine rings is 1. The molecule has 6 nitrogen and oxygen atoms in total. The number of nitriles is 1. The molecule has 0 radical (unpaired) electrons. The average molecular weight is 424 g/mol. The Bertz CT molecular complexity index is 1050. The van der Waals surface area contributed by atoms with Crippen LogP contribution in [0.5, 0.6) is 0 Å². The second-order valence-electron chi connectivity index (χ2n) is 6.28. The summed E-state index contributed by atoms with van der Waals surface area (Å²) in [5.74, 6) is -2.38. The second-order valence-corrected chi connectivity index (χ2v) is 6.65. The number of rotatable bonds is 3. The van der Waals surface area contributed by atoms with Gasteiger partial charge >= 0.3 is 12.1 Å². The van der Waals surface area contributed by atoms with Crippen molar-refractivity contribution in [3.63, 3.8) is 0 Å². The van der Waals surface area contributed by atoms with Crippen LogP contribution in [0.1, 0.15) is 28.5 Å². The van der Waals surface area contributed by atoms with E-state index in [-0.39, 0.29) is 29.1 Å². The highest BCUT2D eigenvalue weighted by molar-refractivity contribution is 7.80. The standard InChI is InChI=1S/C18H12F4N4O2S/c1-9-8-25(11-4-13(18(20,21)22)15(6-23)24-7-11)17(29)26(9)10-2-3-12(16(27)28)14(19)5-10/h2-5,7,9H,8H2,1H3,(H,27,28). The van der Waals surface area contributed by atoms with Gasteiger partial charge in [0.25, 0.3) is 0 Å². The second kappa shape index (κ2) is 7.29. The summed E-state index contributed by atoms with van der Waals surface area (Å²) in [7, 11) is 0. The molecule has 1 aromatic carbocycles. The fourth-order valence-corrected chi connectivity index (χ4v) is 3.52. The van der Waals surface area contributed by atoms with E-state index >= 15 is 0 Å². The molecule has 3 rings (SSSR count). The van der Waals surface area contributed by atoms with Gasteiger partial charge < -0.3 is 14.9 Å². The van der Waals surface area contributed by atoms with Crippen molar-refractivity contribution in [2.75, 3.05) is 16.3 Å². The van der Waals surface area contributed by atoms with Gasteiger partial charge in [0.15, 0.2) is 10.8 Å². The van der Waals surface area contributed by atoms with Crippen molar-refractivity contribution in [2.24, 2.45) is 0 Å². The minimum Gasteiger partial charge on any atom is -0.478 e. The number of carboxylic acid groups (broad SMARTS) is 1. The number of benzene rings is 1. The number of anilines is 2. The Labute approximate surface area is 167 Å². The molecule has 1 unspecified atom stereocenters. The Morgan fingerprint density at radius 3 is 2.59 bits per heavy atom. The predicted molar refractivity (Wildman–Crippen MR) is 99.2 cm³/mol. The lowest BCUT2D eigenvalue weighted by Crippen LogP contribution is -2.34. The lowest BCUT2D eigenvalue weighted by molar-refractivity contribution is -0.138. The maximum atomic E-state index is 14.1. The van der Waals surface area contributed by atoms with Gasteiger partial charge in [-0.1, -0.05) is 0 Å². The summed E-state index contributed by atoms with van der Waals surface area (Å²) in [5, 5.41) is 17.9. The Hall–Kier alpha value is -3.26. The zero-order valence-corrected chi connectivity index (χ0v) is 15.6. The fourth-order valence-electron chi connectivity index (χ4n) is 3.06. The summed E-state index contributed by atoms with van der Waals surface area (Å²) in [5.41, 5.74) is -2.12. The molecule has 1 atom stereocenters. The summed E-state index contributed by atoms with van der Waals surface area (Å²) < 4.78 is 53.7. The Balaban J connectivity index is 1.98. The Kier molecular flexibility index (Phi) is 5.15. The normalized spacial score (nSPS) is 16.8. The first kappa shape index (κ1) is 20.5. The summed E-state index contributed by atoms with van der Waals surface area (Å²) >= 11 is 5.37. The van der Waals surface area contributed by atoms with Crippen LogP contribution in [0.15, 0.2) is 30.5 Å². The number of aromatic nitrogens is 1. The highest BCUT2D eigenvalue weighted by Crippen LogP contribution is 2.35. The van der Waals surface area contributed by atoms with E-state index in [9.17, 15) is 22.4 Å². The lowest BCUT2D eigenvalue weighted by atomic mass is 10.1. The van der Waals surface area contributed by atoms with Gasteiger partial charge in [-0.05, 0) is 43.4 Å². The first-order chi connectivity index (χ1) is 13.5. The van der Waals surface area contributed by atoms with Gasteiger partial charge in [0.05, 0.1) is 29.1 Å². The predicted octanol–water partition coefficient (Wildman–Crippen LogP) is 3.81. The molecular weight excluding hydrogens is 412 g/mol. The number of nitrogens with zero attached hydrogens (tertiary/aromatic N) is 4. The largest absolute Gasteiger partial charge is 0.478 e. The van der Waals surface area contributed by atoms with Crippen molar-refractivity contribution in [1.82, 2.24) is 4.98 Å². The maximum absolute atomic E-state index is 14.1. The van der Waals surface area contributed by atoms with E-state index in [1.807, 2.05) is 0 Å². The first-order valence-electron chi connectivity index (χ1n) is 8.15. The molecule has 1 aliphatic rings. The van der Waals surface area contributed by atoms with Crippen LogP contribution >= 0.6 is 12.2 Å². The summed E-state index contributed by atoms with van der Waals surface area (Å²) in [4.78, 5) is 17.5. The van der Waals surface area contributed by atoms with Crippen molar-refractivity contribution < 1.29 is 27.5 Å². The smallest absolute Gasteiger partial charge is 0.419 e. The third-order valence-electron chi connectivity index (χ3n) is 4.38. The van der Waals surface area contributed by atoms with E-state index < -0.39 is 34.8 Å². The molecule has 0 amide bonds. The van der Waals surface area contributed by atoms with Gasteiger partial charge in [0.2, 0.25) is 0 Å². The van der Waals surface area contributed by atoms with Crippen LogP contribution in [-0.2, 0) is 6.18 Å². The van der Waals surface area contributed by atoms with Crippen LogP contribution < -0.4 is 9.80 Å². The van der Waals surface area contributed by atoms with Crippen molar-refractivity contribution in [2.45, 2.75) is 19.1 Å². The van der Waals surface area contributed by atoms with Crippen molar-refractivity contribution >= 4 is 34.7 Å². The monoisotopic (exact) mass is 424 g/mol. The number of hydrogen-bond acceptors (Lipinski definition) is 4. The van der Waals surface area contributed by atoms with Crippen LogP contribution in [0.3, 0.4) is 0 Å². The summed E-state index contributed by atoms with van der Waals surface area (Å²) in [6.45, 7) is 1.92. The van der Waals surface area contributed by atoms with E-state index in [4.69, 9.17) is 22.6 Å². The van der Waals surface area contributed by atoms with Gasteiger partial charge in [-0.15, -0.1) is 0 Å². The maximum Gasteiger partial charge on any atom is 0.419 e. The van der Waals surface area contributed by atoms with E-state index in [1.165, 1.54) is 21.9 Å². The number of hydrogen-bond donors (Lipinski definition) is 1. The number of aromatic carboxylic acids is 1. The minimum absolute atomic E-state index is 0.0401. The van der Waals surface area contributed by atoms with Crippen molar-refractivity contribution in [1.29, 1.82) is 5.26 Å². The molecule has 1 N–H and O–H groups in total. The third-order valence-corrected chi connectivity index (χ3v) is 4.80. The molecule has 1 fully saturated rings. The molecule has 29 heavy (non-hydrogen) atoms. The molecule has 2 heterocycles. The van der Waals surface area contributed by atoms with E-state index in [2.05, 4.69) is 4.98 Å². The van der Waals surface area contributed by atoms with Gasteiger partial charge in [0.1, 0.15) is 11.9 Å². The molecular formula is C18H12F4N4O2S. The highest BCUT2D eigenvalue weighted by Gasteiger charge is 2.38. The number of thiocarbonyl (C=S) groups is 1. The SMILES string of the molecule is CC1CN(c2cnc(C#N)c(C(F)(F)F)c2)C(=S)N1c1ccc(C(=O)O)c(F)c1. The summed E-state index contributed by atoms with van der Waals surface area (Å²) in [6, 6.07) is 5.33. The molecule has 0 saturated carbocycles. The number of alkyl halides is 3. The van der Waals surface area contributed by atoms with Gasteiger partial charge in [-0.25, -0.2) is 14.2 Å². The number of halogens is 4. The number of carbonyl (C=O) groups is 1. The van der Waals surface area contributed by atoms with Crippen LogP contribution in [-0.4, -0.2) is 33.8 Å². The highest BCUT2D eigenvalue weighted by atomic mass is 32.1. The van der Waals surface area contributed by atoms with Gasteiger partial charge in [0, 0.05) is 12.2 Å². The zero-order chi connectivity index (χ0) is 21.5. The molecule has 2 aromatic rings. The molecule has 0 bridgehead atoms. The third kappa shape index (κ3) is 3.71. The van der Waals surface area contributed by atoms with Crippen molar-refractivity contribution in [3.05, 3.63) is 53.1 Å². The molecule has 1 saturated heterocycles. The van der Waals surface area contributed by atoms with Gasteiger partial charge in [-0.2, -0.15) is 18.4 Å². The molecule has 150 valence electrons. The van der Waals surface area contributed by atoms with Crippen LogP contribution in [0, 0.1) is 17.1 Å². The van der Waals surface area contributed by atoms with Crippen LogP contribution in [0.25, 0.3) is 0 Å². The average Bonchev–Trinajstić information content (AvgIpc) is 2.94. The molecule has 0 aliphatic carbocycles.